The van der Waals surface area contributed by atoms with E-state index in [9.17, 15) is 8.42 Å². The first kappa shape index (κ1) is 16.5. The van der Waals surface area contributed by atoms with E-state index in [4.69, 9.17) is 22.1 Å². The Morgan fingerprint density at radius 2 is 2.10 bits per heavy atom. The van der Waals surface area contributed by atoms with Crippen LogP contribution in [0.15, 0.2) is 23.1 Å². The van der Waals surface area contributed by atoms with Gasteiger partial charge in [-0.2, -0.15) is 0 Å². The zero-order valence-corrected chi connectivity index (χ0v) is 13.5. The lowest BCUT2D eigenvalue weighted by Crippen LogP contribution is -2.45. The molecule has 1 aromatic carbocycles. The van der Waals surface area contributed by atoms with Gasteiger partial charge in [0, 0.05) is 25.7 Å². The zero-order valence-electron chi connectivity index (χ0n) is 11.9. The highest BCUT2D eigenvalue weighted by Gasteiger charge is 2.20. The summed E-state index contributed by atoms with van der Waals surface area (Å²) >= 11 is 5.81. The number of anilines is 1. The molecule has 0 spiro atoms. The van der Waals surface area contributed by atoms with Crippen molar-refractivity contribution in [1.82, 2.24) is 9.62 Å². The molecule has 1 aromatic rings. The second-order valence-corrected chi connectivity index (χ2v) is 7.24. The average Bonchev–Trinajstić information content (AvgIpc) is 2.42. The summed E-state index contributed by atoms with van der Waals surface area (Å²) in [5, 5.41) is 0.343. The molecular formula is C13H20ClN3O3S. The normalized spacial score (nSPS) is 18.6. The Kier molecular flexibility index (Phi) is 5.45. The number of sulfonamides is 1. The minimum absolute atomic E-state index is 0.123. The van der Waals surface area contributed by atoms with Crippen molar-refractivity contribution >= 4 is 27.3 Å². The van der Waals surface area contributed by atoms with Gasteiger partial charge >= 0.3 is 0 Å². The molecule has 0 bridgehead atoms. The quantitative estimate of drug-likeness (QED) is 0.783. The van der Waals surface area contributed by atoms with Crippen molar-refractivity contribution in [3.05, 3.63) is 23.2 Å². The smallest absolute Gasteiger partial charge is 0.240 e. The molecule has 1 aliphatic rings. The van der Waals surface area contributed by atoms with Crippen molar-refractivity contribution in [3.8, 4) is 0 Å². The van der Waals surface area contributed by atoms with Crippen LogP contribution in [0.1, 0.15) is 6.92 Å². The van der Waals surface area contributed by atoms with Crippen LogP contribution in [0.2, 0.25) is 5.02 Å². The number of halogens is 1. The number of nitrogen functional groups attached to an aromatic ring is 1. The van der Waals surface area contributed by atoms with Crippen LogP contribution in [-0.4, -0.2) is 52.2 Å². The van der Waals surface area contributed by atoms with Gasteiger partial charge in [-0.05, 0) is 25.1 Å². The molecule has 0 saturated carbocycles. The molecule has 1 atom stereocenters. The molecule has 1 aliphatic heterocycles. The first-order chi connectivity index (χ1) is 9.88. The van der Waals surface area contributed by atoms with Crippen LogP contribution in [0, 0.1) is 0 Å². The second kappa shape index (κ2) is 6.93. The van der Waals surface area contributed by atoms with Crippen LogP contribution in [0.3, 0.4) is 0 Å². The minimum Gasteiger partial charge on any atom is -0.397 e. The van der Waals surface area contributed by atoms with Crippen molar-refractivity contribution < 1.29 is 13.2 Å². The number of nitrogens with zero attached hydrogens (tertiary/aromatic N) is 1. The van der Waals surface area contributed by atoms with Crippen molar-refractivity contribution in [3.63, 3.8) is 0 Å². The van der Waals surface area contributed by atoms with E-state index in [0.717, 1.165) is 13.1 Å². The zero-order chi connectivity index (χ0) is 15.5. The Balaban J connectivity index is 2.00. The summed E-state index contributed by atoms with van der Waals surface area (Å²) in [5.74, 6) is 0. The summed E-state index contributed by atoms with van der Waals surface area (Å²) in [6.07, 6.45) is 0. The Morgan fingerprint density at radius 3 is 2.71 bits per heavy atom. The molecule has 6 nitrogen and oxygen atoms in total. The van der Waals surface area contributed by atoms with E-state index >= 15 is 0 Å². The van der Waals surface area contributed by atoms with E-state index in [0.29, 0.717) is 24.8 Å². The lowest BCUT2D eigenvalue weighted by atomic mass is 10.3. The first-order valence-electron chi connectivity index (χ1n) is 6.76. The summed E-state index contributed by atoms with van der Waals surface area (Å²) < 4.78 is 32.5. The fourth-order valence-corrected chi connectivity index (χ4v) is 3.62. The van der Waals surface area contributed by atoms with Gasteiger partial charge in [0.1, 0.15) is 0 Å². The van der Waals surface area contributed by atoms with Gasteiger partial charge in [-0.3, -0.25) is 4.90 Å². The standard InChI is InChI=1S/C13H20ClN3O3S/c1-10(9-17-4-6-20-7-5-17)16-21(18,19)11-2-3-12(14)13(15)8-11/h2-3,8,10,16H,4-7,9,15H2,1H3. The molecule has 1 unspecified atom stereocenters. The average molecular weight is 334 g/mol. The highest BCUT2D eigenvalue weighted by molar-refractivity contribution is 7.89. The maximum atomic E-state index is 12.3. The minimum atomic E-state index is -3.60. The molecule has 3 N–H and O–H groups in total. The second-order valence-electron chi connectivity index (χ2n) is 5.12. The molecule has 0 aliphatic carbocycles. The van der Waals surface area contributed by atoms with E-state index in [2.05, 4.69) is 9.62 Å². The first-order valence-corrected chi connectivity index (χ1v) is 8.62. The highest BCUT2D eigenvalue weighted by Crippen LogP contribution is 2.22. The molecule has 118 valence electrons. The van der Waals surface area contributed by atoms with Crippen LogP contribution in [0.25, 0.3) is 0 Å². The third-order valence-corrected chi connectivity index (χ3v) is 5.20. The topological polar surface area (TPSA) is 84.7 Å². The van der Waals surface area contributed by atoms with Crippen LogP contribution < -0.4 is 10.5 Å². The number of rotatable bonds is 5. The van der Waals surface area contributed by atoms with Gasteiger partial charge in [0.25, 0.3) is 0 Å². The number of ether oxygens (including phenoxy) is 1. The largest absolute Gasteiger partial charge is 0.397 e. The Labute approximate surface area is 130 Å². The Morgan fingerprint density at radius 1 is 1.43 bits per heavy atom. The molecular weight excluding hydrogens is 314 g/mol. The van der Waals surface area contributed by atoms with Gasteiger partial charge in [0.2, 0.25) is 10.0 Å². The highest BCUT2D eigenvalue weighted by atomic mass is 35.5. The van der Waals surface area contributed by atoms with Crippen LogP contribution in [0.5, 0.6) is 0 Å². The molecule has 0 amide bonds. The summed E-state index contributed by atoms with van der Waals surface area (Å²) in [4.78, 5) is 2.30. The van der Waals surface area contributed by atoms with E-state index in [1.165, 1.54) is 18.2 Å². The van der Waals surface area contributed by atoms with Crippen molar-refractivity contribution in [2.75, 3.05) is 38.6 Å². The van der Waals surface area contributed by atoms with Gasteiger partial charge in [0.15, 0.2) is 0 Å². The number of nitrogens with two attached hydrogens (primary N) is 1. The SMILES string of the molecule is CC(CN1CCOCC1)NS(=O)(=O)c1ccc(Cl)c(N)c1. The van der Waals surface area contributed by atoms with Crippen molar-refractivity contribution in [2.45, 2.75) is 17.9 Å². The van der Waals surface area contributed by atoms with Gasteiger partial charge in [-0.15, -0.1) is 0 Å². The predicted molar refractivity (Wildman–Crippen MR) is 82.9 cm³/mol. The summed E-state index contributed by atoms with van der Waals surface area (Å²) in [6, 6.07) is 4.09. The van der Waals surface area contributed by atoms with Crippen molar-refractivity contribution in [1.29, 1.82) is 0 Å². The fourth-order valence-electron chi connectivity index (χ4n) is 2.23. The van der Waals surface area contributed by atoms with E-state index in [1.54, 1.807) is 0 Å². The lowest BCUT2D eigenvalue weighted by molar-refractivity contribution is 0.0354. The molecule has 0 aromatic heterocycles. The molecule has 21 heavy (non-hydrogen) atoms. The molecule has 8 heteroatoms. The molecule has 1 saturated heterocycles. The molecule has 1 heterocycles. The number of hydrogen-bond donors (Lipinski definition) is 2. The Hall–Kier alpha value is -0.860. The molecule has 2 rings (SSSR count). The number of hydrogen-bond acceptors (Lipinski definition) is 5. The van der Waals surface area contributed by atoms with Crippen LogP contribution >= 0.6 is 11.6 Å². The lowest BCUT2D eigenvalue weighted by Gasteiger charge is -2.29. The summed E-state index contributed by atoms with van der Waals surface area (Å²) in [6.45, 7) is 5.50. The molecule has 0 radical (unpaired) electrons. The van der Waals surface area contributed by atoms with Crippen LogP contribution in [-0.2, 0) is 14.8 Å². The third-order valence-electron chi connectivity index (χ3n) is 3.27. The predicted octanol–water partition coefficient (Wildman–Crippen LogP) is 0.921. The fraction of sp³-hybridized carbons (Fsp3) is 0.538. The summed E-state index contributed by atoms with van der Waals surface area (Å²) in [7, 11) is -3.60. The van der Waals surface area contributed by atoms with E-state index < -0.39 is 10.0 Å². The van der Waals surface area contributed by atoms with Crippen LogP contribution in [0.4, 0.5) is 5.69 Å². The number of benzene rings is 1. The van der Waals surface area contributed by atoms with E-state index in [1.807, 2.05) is 6.92 Å². The number of morpholine rings is 1. The van der Waals surface area contributed by atoms with Gasteiger partial charge < -0.3 is 10.5 Å². The van der Waals surface area contributed by atoms with Gasteiger partial charge in [-0.1, -0.05) is 11.6 Å². The molecule has 1 fully saturated rings. The maximum Gasteiger partial charge on any atom is 0.240 e. The van der Waals surface area contributed by atoms with Crippen molar-refractivity contribution in [2.24, 2.45) is 0 Å². The summed E-state index contributed by atoms with van der Waals surface area (Å²) in [5.41, 5.74) is 5.90. The monoisotopic (exact) mass is 333 g/mol. The maximum absolute atomic E-state index is 12.3. The van der Waals surface area contributed by atoms with E-state index in [-0.39, 0.29) is 16.6 Å². The van der Waals surface area contributed by atoms with Gasteiger partial charge in [0.05, 0.1) is 28.8 Å². The third kappa shape index (κ3) is 4.55. The number of nitrogens with one attached hydrogen (secondary N) is 1. The Bertz CT molecular complexity index is 588. The van der Waals surface area contributed by atoms with Gasteiger partial charge in [-0.25, -0.2) is 13.1 Å².